The lowest BCUT2D eigenvalue weighted by Crippen LogP contribution is -2.50. The molecule has 0 aliphatic carbocycles. The summed E-state index contributed by atoms with van der Waals surface area (Å²) in [6, 6.07) is 6.96. The van der Waals surface area contributed by atoms with Crippen LogP contribution in [0.4, 0.5) is 0 Å². The zero-order valence-corrected chi connectivity index (χ0v) is 12.4. The van der Waals surface area contributed by atoms with Crippen LogP contribution in [0.5, 0.6) is 0 Å². The summed E-state index contributed by atoms with van der Waals surface area (Å²) in [5, 5.41) is 1.42. The van der Waals surface area contributed by atoms with Crippen molar-refractivity contribution in [1.29, 1.82) is 0 Å². The largest absolute Gasteiger partial charge is 0.451 e. The summed E-state index contributed by atoms with van der Waals surface area (Å²) in [4.78, 5) is 27.2. The molecule has 1 aromatic heterocycles. The average Bonchev–Trinajstić information content (AvgIpc) is 2.89. The molecule has 1 saturated heterocycles. The molecule has 21 heavy (non-hydrogen) atoms. The van der Waals surface area contributed by atoms with Crippen LogP contribution < -0.4 is 0 Å². The Morgan fingerprint density at radius 1 is 1.10 bits per heavy atom. The van der Waals surface area contributed by atoms with E-state index in [0.717, 1.165) is 5.39 Å². The molecule has 0 radical (unpaired) electrons. The van der Waals surface area contributed by atoms with Crippen LogP contribution in [0.15, 0.2) is 28.7 Å². The molecule has 3 rings (SSSR count). The molecule has 110 valence electrons. The first kappa shape index (κ1) is 13.9. The van der Waals surface area contributed by atoms with Crippen molar-refractivity contribution in [2.75, 3.05) is 26.2 Å². The van der Waals surface area contributed by atoms with Gasteiger partial charge in [-0.3, -0.25) is 9.59 Å². The van der Waals surface area contributed by atoms with Gasteiger partial charge in [-0.2, -0.15) is 0 Å². The molecule has 1 aliphatic heterocycles. The van der Waals surface area contributed by atoms with Gasteiger partial charge in [0.15, 0.2) is 5.76 Å². The maximum Gasteiger partial charge on any atom is 0.289 e. The van der Waals surface area contributed by atoms with Gasteiger partial charge in [-0.05, 0) is 24.3 Å². The van der Waals surface area contributed by atoms with Gasteiger partial charge >= 0.3 is 0 Å². The van der Waals surface area contributed by atoms with E-state index in [1.807, 2.05) is 0 Å². The first-order valence-corrected chi connectivity index (χ1v) is 7.16. The zero-order valence-electron chi connectivity index (χ0n) is 11.6. The molecule has 0 saturated carbocycles. The standard InChI is InChI=1S/C15H15ClN2O3/c1-10(19)17-4-6-18(7-5-17)15(20)14-9-11-8-12(16)2-3-13(11)21-14/h2-3,8-9H,4-7H2,1H3. The SMILES string of the molecule is CC(=O)N1CCN(C(=O)c2cc3cc(Cl)ccc3o2)CC1. The molecule has 1 fully saturated rings. The fourth-order valence-electron chi connectivity index (χ4n) is 2.50. The van der Waals surface area contributed by atoms with Crippen molar-refractivity contribution in [3.05, 3.63) is 35.0 Å². The molecule has 0 N–H and O–H groups in total. The summed E-state index contributed by atoms with van der Waals surface area (Å²) in [5.74, 6) is 0.203. The Labute approximate surface area is 127 Å². The Balaban J connectivity index is 1.76. The van der Waals surface area contributed by atoms with Gasteiger partial charge in [0, 0.05) is 43.5 Å². The van der Waals surface area contributed by atoms with Crippen LogP contribution in [0.2, 0.25) is 5.02 Å². The summed E-state index contributed by atoms with van der Waals surface area (Å²) in [7, 11) is 0. The predicted molar refractivity (Wildman–Crippen MR) is 79.4 cm³/mol. The second-order valence-corrected chi connectivity index (χ2v) is 5.53. The van der Waals surface area contributed by atoms with Crippen LogP contribution in [0.3, 0.4) is 0 Å². The lowest BCUT2D eigenvalue weighted by Gasteiger charge is -2.33. The number of fused-ring (bicyclic) bond motifs is 1. The molecule has 0 bridgehead atoms. The smallest absolute Gasteiger partial charge is 0.289 e. The summed E-state index contributed by atoms with van der Waals surface area (Å²) < 4.78 is 5.58. The van der Waals surface area contributed by atoms with Crippen LogP contribution in [0, 0.1) is 0 Å². The molecule has 5 nitrogen and oxygen atoms in total. The minimum Gasteiger partial charge on any atom is -0.451 e. The molecule has 2 aromatic rings. The number of furan rings is 1. The molecule has 0 unspecified atom stereocenters. The van der Waals surface area contributed by atoms with E-state index in [4.69, 9.17) is 16.0 Å². The quantitative estimate of drug-likeness (QED) is 0.813. The maximum atomic E-state index is 12.4. The third kappa shape index (κ3) is 2.74. The van der Waals surface area contributed by atoms with Gasteiger partial charge < -0.3 is 14.2 Å². The minimum atomic E-state index is -0.148. The van der Waals surface area contributed by atoms with Gasteiger partial charge in [0.25, 0.3) is 5.91 Å². The average molecular weight is 307 g/mol. The Morgan fingerprint density at radius 2 is 1.76 bits per heavy atom. The summed E-state index contributed by atoms with van der Waals surface area (Å²) in [5.41, 5.74) is 0.644. The number of hydrogen-bond acceptors (Lipinski definition) is 3. The summed E-state index contributed by atoms with van der Waals surface area (Å²) >= 11 is 5.93. The highest BCUT2D eigenvalue weighted by molar-refractivity contribution is 6.31. The first-order chi connectivity index (χ1) is 10.0. The van der Waals surface area contributed by atoms with E-state index in [9.17, 15) is 9.59 Å². The molecule has 1 aromatic carbocycles. The second-order valence-electron chi connectivity index (χ2n) is 5.09. The highest BCUT2D eigenvalue weighted by Gasteiger charge is 2.25. The fraction of sp³-hybridized carbons (Fsp3) is 0.333. The molecule has 2 amide bonds. The highest BCUT2D eigenvalue weighted by atomic mass is 35.5. The third-order valence-corrected chi connectivity index (χ3v) is 3.94. The number of amides is 2. The summed E-state index contributed by atoms with van der Waals surface area (Å²) in [6.07, 6.45) is 0. The van der Waals surface area contributed by atoms with Crippen molar-refractivity contribution in [2.24, 2.45) is 0 Å². The van der Waals surface area contributed by atoms with Crippen molar-refractivity contribution >= 4 is 34.4 Å². The Bertz CT molecular complexity index is 702. The molecule has 6 heteroatoms. The van der Waals surface area contributed by atoms with Crippen LogP contribution >= 0.6 is 11.6 Å². The zero-order chi connectivity index (χ0) is 15.0. The lowest BCUT2D eigenvalue weighted by molar-refractivity contribution is -0.130. The molecule has 0 atom stereocenters. The Kier molecular flexibility index (Phi) is 3.59. The van der Waals surface area contributed by atoms with E-state index in [1.54, 1.807) is 41.0 Å². The van der Waals surface area contributed by atoms with Gasteiger partial charge in [-0.15, -0.1) is 0 Å². The Morgan fingerprint density at radius 3 is 2.43 bits per heavy atom. The summed E-state index contributed by atoms with van der Waals surface area (Å²) in [6.45, 7) is 3.72. The first-order valence-electron chi connectivity index (χ1n) is 6.78. The van der Waals surface area contributed by atoms with Crippen LogP contribution in [-0.4, -0.2) is 47.8 Å². The van der Waals surface area contributed by atoms with E-state index < -0.39 is 0 Å². The lowest BCUT2D eigenvalue weighted by atomic mass is 10.2. The predicted octanol–water partition coefficient (Wildman–Crippen LogP) is 2.39. The molecular formula is C15H15ClN2O3. The van der Waals surface area contributed by atoms with E-state index in [0.29, 0.717) is 42.5 Å². The van der Waals surface area contributed by atoms with Crippen molar-refractivity contribution in [1.82, 2.24) is 9.80 Å². The third-order valence-electron chi connectivity index (χ3n) is 3.70. The van der Waals surface area contributed by atoms with Crippen LogP contribution in [0.1, 0.15) is 17.5 Å². The Hall–Kier alpha value is -2.01. The number of halogens is 1. The van der Waals surface area contributed by atoms with Crippen LogP contribution in [-0.2, 0) is 4.79 Å². The van der Waals surface area contributed by atoms with E-state index in [-0.39, 0.29) is 11.8 Å². The molecule has 2 heterocycles. The van der Waals surface area contributed by atoms with E-state index in [2.05, 4.69) is 0 Å². The number of rotatable bonds is 1. The van der Waals surface area contributed by atoms with Gasteiger partial charge in [-0.1, -0.05) is 11.6 Å². The van der Waals surface area contributed by atoms with Crippen molar-refractivity contribution < 1.29 is 14.0 Å². The van der Waals surface area contributed by atoms with Gasteiger partial charge in [0.05, 0.1) is 0 Å². The highest BCUT2D eigenvalue weighted by Crippen LogP contribution is 2.24. The van der Waals surface area contributed by atoms with Crippen molar-refractivity contribution in [2.45, 2.75) is 6.92 Å². The number of carbonyl (C=O) groups is 2. The van der Waals surface area contributed by atoms with Gasteiger partial charge in [0.1, 0.15) is 5.58 Å². The van der Waals surface area contributed by atoms with Gasteiger partial charge in [0.2, 0.25) is 5.91 Å². The minimum absolute atomic E-state index is 0.0421. The number of piperazine rings is 1. The monoisotopic (exact) mass is 306 g/mol. The maximum absolute atomic E-state index is 12.4. The molecule has 0 spiro atoms. The van der Waals surface area contributed by atoms with Crippen molar-refractivity contribution in [3.63, 3.8) is 0 Å². The second kappa shape index (κ2) is 5.41. The van der Waals surface area contributed by atoms with Crippen LogP contribution in [0.25, 0.3) is 11.0 Å². The topological polar surface area (TPSA) is 53.8 Å². The van der Waals surface area contributed by atoms with Gasteiger partial charge in [-0.25, -0.2) is 0 Å². The fourth-order valence-corrected chi connectivity index (χ4v) is 2.68. The number of carbonyl (C=O) groups excluding carboxylic acids is 2. The van der Waals surface area contributed by atoms with E-state index >= 15 is 0 Å². The normalized spacial score (nSPS) is 15.5. The molecular weight excluding hydrogens is 292 g/mol. The number of hydrogen-bond donors (Lipinski definition) is 0. The van der Waals surface area contributed by atoms with E-state index in [1.165, 1.54) is 0 Å². The number of benzene rings is 1. The number of nitrogens with zero attached hydrogens (tertiary/aromatic N) is 2. The van der Waals surface area contributed by atoms with Crippen molar-refractivity contribution in [3.8, 4) is 0 Å². The molecule has 1 aliphatic rings.